The van der Waals surface area contributed by atoms with E-state index in [1.54, 1.807) is 23.1 Å². The van der Waals surface area contributed by atoms with Gasteiger partial charge in [-0.05, 0) is 30.5 Å². The summed E-state index contributed by atoms with van der Waals surface area (Å²) in [7, 11) is 1.34. The lowest BCUT2D eigenvalue weighted by molar-refractivity contribution is -0.154. The van der Waals surface area contributed by atoms with Crippen molar-refractivity contribution in [3.63, 3.8) is 0 Å². The van der Waals surface area contributed by atoms with E-state index in [9.17, 15) is 14.7 Å². The van der Waals surface area contributed by atoms with Gasteiger partial charge in [0.25, 0.3) is 0 Å². The van der Waals surface area contributed by atoms with Gasteiger partial charge in [0.1, 0.15) is 11.8 Å². The van der Waals surface area contributed by atoms with Crippen LogP contribution in [0.25, 0.3) is 0 Å². The van der Waals surface area contributed by atoms with E-state index in [1.807, 2.05) is 6.07 Å². The van der Waals surface area contributed by atoms with E-state index in [0.29, 0.717) is 6.42 Å². The molecule has 2 rings (SSSR count). The minimum absolute atomic E-state index is 0.0962. The summed E-state index contributed by atoms with van der Waals surface area (Å²) in [4.78, 5) is 26.0. The smallest absolute Gasteiger partial charge is 0.328 e. The van der Waals surface area contributed by atoms with Crippen LogP contribution in [0.4, 0.5) is 0 Å². The zero-order valence-corrected chi connectivity index (χ0v) is 13.1. The Morgan fingerprint density at radius 2 is 2.05 bits per heavy atom. The molecule has 0 aliphatic heterocycles. The molecular formula is C17H23NO4. The van der Waals surface area contributed by atoms with Gasteiger partial charge in [-0.15, -0.1) is 0 Å². The number of rotatable bonds is 5. The second kappa shape index (κ2) is 7.29. The van der Waals surface area contributed by atoms with Crippen LogP contribution in [0.5, 0.6) is 5.75 Å². The maximum absolute atomic E-state index is 12.2. The van der Waals surface area contributed by atoms with Gasteiger partial charge in [0, 0.05) is 19.4 Å². The van der Waals surface area contributed by atoms with Gasteiger partial charge >= 0.3 is 5.97 Å². The molecule has 1 atom stereocenters. The van der Waals surface area contributed by atoms with Gasteiger partial charge < -0.3 is 14.7 Å². The summed E-state index contributed by atoms with van der Waals surface area (Å²) in [5.41, 5.74) is 0.805. The second-order valence-corrected chi connectivity index (χ2v) is 5.78. The number of aromatic hydroxyl groups is 1. The molecule has 120 valence electrons. The van der Waals surface area contributed by atoms with Crippen LogP contribution >= 0.6 is 0 Å². The number of esters is 1. The molecule has 0 aromatic heterocycles. The molecule has 5 nitrogen and oxygen atoms in total. The Bertz CT molecular complexity index is 537. The van der Waals surface area contributed by atoms with E-state index in [2.05, 4.69) is 0 Å². The predicted molar refractivity (Wildman–Crippen MR) is 82.4 cm³/mol. The van der Waals surface area contributed by atoms with Gasteiger partial charge in [-0.25, -0.2) is 4.79 Å². The van der Waals surface area contributed by atoms with Crippen molar-refractivity contribution < 1.29 is 19.4 Å². The summed E-state index contributed by atoms with van der Waals surface area (Å²) < 4.78 is 4.91. The fourth-order valence-electron chi connectivity index (χ4n) is 3.25. The highest BCUT2D eigenvalue weighted by atomic mass is 16.5. The summed E-state index contributed by atoms with van der Waals surface area (Å²) in [6.45, 7) is 1.50. The lowest BCUT2D eigenvalue weighted by atomic mass is 10.0. The molecule has 1 aromatic rings. The third-order valence-corrected chi connectivity index (χ3v) is 4.23. The minimum Gasteiger partial charge on any atom is -0.508 e. The van der Waals surface area contributed by atoms with E-state index in [4.69, 9.17) is 4.74 Å². The molecule has 0 bridgehead atoms. The fraction of sp³-hybridized carbons (Fsp3) is 0.529. The average molecular weight is 305 g/mol. The molecule has 1 aromatic carbocycles. The van der Waals surface area contributed by atoms with Crippen molar-refractivity contribution in [3.05, 3.63) is 29.8 Å². The Hall–Kier alpha value is -2.04. The van der Waals surface area contributed by atoms with Crippen molar-refractivity contribution >= 4 is 11.9 Å². The molecule has 0 radical (unpaired) electrons. The third kappa shape index (κ3) is 3.78. The van der Waals surface area contributed by atoms with Crippen LogP contribution in [0.1, 0.15) is 38.2 Å². The summed E-state index contributed by atoms with van der Waals surface area (Å²) in [5, 5.41) is 9.58. The molecule has 1 saturated carbocycles. The minimum atomic E-state index is -0.646. The van der Waals surface area contributed by atoms with E-state index in [1.165, 1.54) is 14.0 Å². The first-order valence-electron chi connectivity index (χ1n) is 7.67. The summed E-state index contributed by atoms with van der Waals surface area (Å²) in [6.07, 6.45) is 4.35. The van der Waals surface area contributed by atoms with Crippen molar-refractivity contribution in [1.29, 1.82) is 0 Å². The molecule has 1 fully saturated rings. The molecule has 1 unspecified atom stereocenters. The number of carbonyl (C=O) groups excluding carboxylic acids is 2. The zero-order chi connectivity index (χ0) is 16.1. The van der Waals surface area contributed by atoms with E-state index in [-0.39, 0.29) is 17.7 Å². The zero-order valence-electron chi connectivity index (χ0n) is 13.1. The summed E-state index contributed by atoms with van der Waals surface area (Å²) in [5.74, 6) is -0.371. The normalized spacial score (nSPS) is 16.3. The van der Waals surface area contributed by atoms with E-state index in [0.717, 1.165) is 31.2 Å². The van der Waals surface area contributed by atoms with Gasteiger partial charge in [0.2, 0.25) is 5.91 Å². The largest absolute Gasteiger partial charge is 0.508 e. The van der Waals surface area contributed by atoms with Crippen LogP contribution in [0, 0.1) is 0 Å². The van der Waals surface area contributed by atoms with Crippen molar-refractivity contribution in [2.75, 3.05) is 7.11 Å². The number of phenols is 1. The van der Waals surface area contributed by atoms with Crippen LogP contribution in [-0.4, -0.2) is 41.1 Å². The number of phenolic OH excluding ortho intramolecular Hbond substituents is 1. The third-order valence-electron chi connectivity index (χ3n) is 4.23. The maximum Gasteiger partial charge on any atom is 0.328 e. The van der Waals surface area contributed by atoms with Crippen molar-refractivity contribution in [1.82, 2.24) is 4.90 Å². The van der Waals surface area contributed by atoms with Crippen LogP contribution in [0.3, 0.4) is 0 Å². The number of carbonyl (C=O) groups is 2. The number of methoxy groups -OCH3 is 1. The molecule has 22 heavy (non-hydrogen) atoms. The van der Waals surface area contributed by atoms with Crippen molar-refractivity contribution in [2.45, 2.75) is 51.1 Å². The Morgan fingerprint density at radius 3 is 2.59 bits per heavy atom. The summed E-state index contributed by atoms with van der Waals surface area (Å²) in [6, 6.07) is 6.21. The van der Waals surface area contributed by atoms with Crippen LogP contribution in [0.15, 0.2) is 24.3 Å². The van der Waals surface area contributed by atoms with Crippen LogP contribution in [0.2, 0.25) is 0 Å². The molecule has 1 aliphatic rings. The highest BCUT2D eigenvalue weighted by Crippen LogP contribution is 2.27. The second-order valence-electron chi connectivity index (χ2n) is 5.78. The van der Waals surface area contributed by atoms with Gasteiger partial charge in [-0.1, -0.05) is 25.0 Å². The van der Waals surface area contributed by atoms with E-state index >= 15 is 0 Å². The number of hydrogen-bond donors (Lipinski definition) is 1. The lowest BCUT2D eigenvalue weighted by Crippen LogP contribution is -2.50. The van der Waals surface area contributed by atoms with E-state index < -0.39 is 12.0 Å². The number of hydrogen-bond acceptors (Lipinski definition) is 4. The predicted octanol–water partition coefficient (Wildman–Crippen LogP) is 2.27. The Morgan fingerprint density at radius 1 is 1.36 bits per heavy atom. The van der Waals surface area contributed by atoms with Gasteiger partial charge in [-0.3, -0.25) is 4.79 Å². The topological polar surface area (TPSA) is 66.8 Å². The summed E-state index contributed by atoms with van der Waals surface area (Å²) >= 11 is 0. The molecule has 0 saturated heterocycles. The molecular weight excluding hydrogens is 282 g/mol. The molecule has 5 heteroatoms. The maximum atomic E-state index is 12.2. The Balaban J connectivity index is 2.26. The van der Waals surface area contributed by atoms with Crippen molar-refractivity contribution in [3.8, 4) is 5.75 Å². The molecule has 0 heterocycles. The highest BCUT2D eigenvalue weighted by Gasteiger charge is 2.35. The molecule has 1 aliphatic carbocycles. The van der Waals surface area contributed by atoms with Crippen molar-refractivity contribution in [2.24, 2.45) is 0 Å². The Kier molecular flexibility index (Phi) is 5.41. The Labute approximate surface area is 130 Å². The molecule has 0 spiro atoms. The quantitative estimate of drug-likeness (QED) is 0.847. The number of nitrogens with zero attached hydrogens (tertiary/aromatic N) is 1. The van der Waals surface area contributed by atoms with Gasteiger partial charge in [0.15, 0.2) is 0 Å². The number of benzene rings is 1. The monoisotopic (exact) mass is 305 g/mol. The molecule has 1 N–H and O–H groups in total. The molecule has 1 amide bonds. The van der Waals surface area contributed by atoms with Gasteiger partial charge in [-0.2, -0.15) is 0 Å². The number of amides is 1. The lowest BCUT2D eigenvalue weighted by Gasteiger charge is -2.34. The number of ether oxygens (including phenoxy) is 1. The average Bonchev–Trinajstić information content (AvgIpc) is 2.99. The van der Waals surface area contributed by atoms with Crippen LogP contribution < -0.4 is 0 Å². The first-order valence-corrected chi connectivity index (χ1v) is 7.67. The highest BCUT2D eigenvalue weighted by molar-refractivity contribution is 5.84. The fourth-order valence-corrected chi connectivity index (χ4v) is 3.25. The van der Waals surface area contributed by atoms with Crippen LogP contribution in [-0.2, 0) is 20.7 Å². The first-order chi connectivity index (χ1) is 10.5. The standard InChI is InChI=1S/C17H23NO4/c1-12(19)18(14-7-3-4-8-14)16(17(21)22-2)11-13-6-5-9-15(20)10-13/h5-6,9-10,14,16,20H,3-4,7-8,11H2,1-2H3. The van der Waals surface area contributed by atoms with Gasteiger partial charge in [0.05, 0.1) is 7.11 Å². The first kappa shape index (κ1) is 16.3. The SMILES string of the molecule is COC(=O)C(Cc1cccc(O)c1)N(C(C)=O)C1CCCC1.